The Morgan fingerprint density at radius 1 is 1.26 bits per heavy atom. The topological polar surface area (TPSA) is 93.5 Å². The smallest absolute Gasteiger partial charge is 0.410 e. The number of carbonyl (C=O) groups excluding carboxylic acids is 2. The average molecular weight is 473 g/mol. The fourth-order valence-electron chi connectivity index (χ4n) is 3.93. The quantitative estimate of drug-likeness (QED) is 0.716. The standard InChI is InChI=1S/C25H33FN4O4/c1-16(2)23-20(17-8-6-9-18(26)12-17)13-22(32)30(28-23)15-21(31)27-19-10-7-11-29(14-19)24(33)34-25(3,4)5/h6,8-9,12-13,16,19H,7,10-11,14-15H2,1-5H3,(H,27,31)/t19-/m1/s1. The molecule has 0 spiro atoms. The fourth-order valence-corrected chi connectivity index (χ4v) is 3.93. The van der Waals surface area contributed by atoms with Gasteiger partial charge in [0.25, 0.3) is 5.56 Å². The Kier molecular flexibility index (Phi) is 7.74. The molecule has 0 aliphatic carbocycles. The van der Waals surface area contributed by atoms with Gasteiger partial charge in [-0.05, 0) is 57.2 Å². The van der Waals surface area contributed by atoms with Crippen LogP contribution in [0.25, 0.3) is 11.1 Å². The molecule has 1 fully saturated rings. The number of ether oxygens (including phenoxy) is 1. The number of rotatable bonds is 5. The first kappa shape index (κ1) is 25.4. The first-order chi connectivity index (χ1) is 15.9. The molecule has 0 bridgehead atoms. The summed E-state index contributed by atoms with van der Waals surface area (Å²) in [6.45, 7) is 9.95. The summed E-state index contributed by atoms with van der Waals surface area (Å²) in [5, 5.41) is 7.34. The average Bonchev–Trinajstić information content (AvgIpc) is 2.73. The lowest BCUT2D eigenvalue weighted by Crippen LogP contribution is -2.51. The summed E-state index contributed by atoms with van der Waals surface area (Å²) in [6.07, 6.45) is 1.06. The first-order valence-electron chi connectivity index (χ1n) is 11.6. The van der Waals surface area contributed by atoms with Crippen LogP contribution in [0.4, 0.5) is 9.18 Å². The van der Waals surface area contributed by atoms with E-state index in [0.717, 1.165) is 17.5 Å². The summed E-state index contributed by atoms with van der Waals surface area (Å²) < 4.78 is 20.3. The van der Waals surface area contributed by atoms with E-state index in [0.29, 0.717) is 29.9 Å². The fraction of sp³-hybridized carbons (Fsp3) is 0.520. The van der Waals surface area contributed by atoms with Crippen molar-refractivity contribution < 1.29 is 18.7 Å². The molecule has 2 heterocycles. The van der Waals surface area contributed by atoms with Crippen LogP contribution in [-0.2, 0) is 16.1 Å². The number of carbonyl (C=O) groups is 2. The maximum absolute atomic E-state index is 13.7. The number of likely N-dealkylation sites (tertiary alicyclic amines) is 1. The maximum atomic E-state index is 13.7. The van der Waals surface area contributed by atoms with Crippen LogP contribution in [0.1, 0.15) is 59.1 Å². The number of hydrogen-bond donors (Lipinski definition) is 1. The molecule has 1 aromatic carbocycles. The summed E-state index contributed by atoms with van der Waals surface area (Å²) >= 11 is 0. The Labute approximate surface area is 199 Å². The molecule has 0 radical (unpaired) electrons. The van der Waals surface area contributed by atoms with Gasteiger partial charge in [0.15, 0.2) is 0 Å². The molecular weight excluding hydrogens is 439 g/mol. The van der Waals surface area contributed by atoms with Crippen molar-refractivity contribution in [1.82, 2.24) is 20.0 Å². The van der Waals surface area contributed by atoms with E-state index in [4.69, 9.17) is 4.74 Å². The van der Waals surface area contributed by atoms with Gasteiger partial charge in [-0.3, -0.25) is 9.59 Å². The van der Waals surface area contributed by atoms with E-state index in [2.05, 4.69) is 10.4 Å². The highest BCUT2D eigenvalue weighted by molar-refractivity contribution is 5.76. The summed E-state index contributed by atoms with van der Waals surface area (Å²) in [4.78, 5) is 39.4. The van der Waals surface area contributed by atoms with Gasteiger partial charge in [-0.2, -0.15) is 5.10 Å². The molecule has 2 amide bonds. The number of piperidine rings is 1. The monoisotopic (exact) mass is 472 g/mol. The Bertz CT molecular complexity index is 1110. The number of nitrogens with one attached hydrogen (secondary N) is 1. The third-order valence-electron chi connectivity index (χ3n) is 5.44. The normalized spacial score (nSPS) is 16.4. The number of benzene rings is 1. The van der Waals surface area contributed by atoms with E-state index >= 15 is 0 Å². The van der Waals surface area contributed by atoms with Crippen molar-refractivity contribution in [1.29, 1.82) is 0 Å². The largest absolute Gasteiger partial charge is 0.444 e. The van der Waals surface area contributed by atoms with Crippen LogP contribution in [0.2, 0.25) is 0 Å². The Balaban J connectivity index is 1.71. The molecule has 34 heavy (non-hydrogen) atoms. The molecule has 3 rings (SSSR count). The first-order valence-corrected chi connectivity index (χ1v) is 11.6. The highest BCUT2D eigenvalue weighted by Crippen LogP contribution is 2.26. The van der Waals surface area contributed by atoms with Gasteiger partial charge in [0, 0.05) is 30.8 Å². The Morgan fingerprint density at radius 3 is 2.65 bits per heavy atom. The molecular formula is C25H33FN4O4. The van der Waals surface area contributed by atoms with Gasteiger partial charge >= 0.3 is 6.09 Å². The van der Waals surface area contributed by atoms with Crippen LogP contribution in [0.5, 0.6) is 0 Å². The van der Waals surface area contributed by atoms with E-state index in [1.165, 1.54) is 18.2 Å². The zero-order valence-corrected chi connectivity index (χ0v) is 20.4. The molecule has 1 aliphatic rings. The SMILES string of the molecule is CC(C)c1nn(CC(=O)N[C@@H]2CCCN(C(=O)OC(C)(C)C)C2)c(=O)cc1-c1cccc(F)c1. The highest BCUT2D eigenvalue weighted by atomic mass is 19.1. The van der Waals surface area contributed by atoms with E-state index in [-0.39, 0.29) is 24.4 Å². The lowest BCUT2D eigenvalue weighted by Gasteiger charge is -2.34. The lowest BCUT2D eigenvalue weighted by molar-refractivity contribution is -0.123. The lowest BCUT2D eigenvalue weighted by atomic mass is 9.98. The van der Waals surface area contributed by atoms with Crippen LogP contribution < -0.4 is 10.9 Å². The zero-order valence-electron chi connectivity index (χ0n) is 20.4. The van der Waals surface area contributed by atoms with Crippen molar-refractivity contribution in [2.24, 2.45) is 0 Å². The molecule has 1 aliphatic heterocycles. The Morgan fingerprint density at radius 2 is 2.00 bits per heavy atom. The van der Waals surface area contributed by atoms with Gasteiger partial charge in [-0.15, -0.1) is 0 Å². The van der Waals surface area contributed by atoms with Gasteiger partial charge in [0.05, 0.1) is 5.69 Å². The van der Waals surface area contributed by atoms with Crippen molar-refractivity contribution in [2.75, 3.05) is 13.1 Å². The summed E-state index contributed by atoms with van der Waals surface area (Å²) in [5.41, 5.74) is 0.682. The highest BCUT2D eigenvalue weighted by Gasteiger charge is 2.28. The molecule has 0 saturated carbocycles. The van der Waals surface area contributed by atoms with E-state index < -0.39 is 23.1 Å². The molecule has 184 valence electrons. The van der Waals surface area contributed by atoms with Crippen LogP contribution >= 0.6 is 0 Å². The van der Waals surface area contributed by atoms with Crippen LogP contribution in [0, 0.1) is 5.82 Å². The number of hydrogen-bond acceptors (Lipinski definition) is 5. The molecule has 1 saturated heterocycles. The van der Waals surface area contributed by atoms with Crippen LogP contribution in [0.3, 0.4) is 0 Å². The third-order valence-corrected chi connectivity index (χ3v) is 5.44. The summed E-state index contributed by atoms with van der Waals surface area (Å²) in [5.74, 6) is -0.809. The van der Waals surface area contributed by atoms with Gasteiger partial charge in [-0.1, -0.05) is 26.0 Å². The third kappa shape index (κ3) is 6.65. The maximum Gasteiger partial charge on any atom is 0.410 e. The second kappa shape index (κ2) is 10.4. The number of aromatic nitrogens is 2. The van der Waals surface area contributed by atoms with Crippen molar-refractivity contribution in [3.8, 4) is 11.1 Å². The zero-order chi connectivity index (χ0) is 25.0. The van der Waals surface area contributed by atoms with E-state index in [1.54, 1.807) is 17.0 Å². The molecule has 0 unspecified atom stereocenters. The molecule has 1 N–H and O–H groups in total. The number of amides is 2. The predicted octanol–water partition coefficient (Wildman–Crippen LogP) is 3.69. The minimum Gasteiger partial charge on any atom is -0.444 e. The second-order valence-corrected chi connectivity index (χ2v) is 9.94. The van der Waals surface area contributed by atoms with Crippen LogP contribution in [0.15, 0.2) is 35.1 Å². The van der Waals surface area contributed by atoms with Crippen molar-refractivity contribution in [2.45, 2.75) is 71.6 Å². The molecule has 8 nitrogen and oxygen atoms in total. The van der Waals surface area contributed by atoms with Crippen molar-refractivity contribution >= 4 is 12.0 Å². The molecule has 1 aromatic heterocycles. The van der Waals surface area contributed by atoms with E-state index in [9.17, 15) is 18.8 Å². The predicted molar refractivity (Wildman–Crippen MR) is 127 cm³/mol. The minimum atomic E-state index is -0.591. The Hall–Kier alpha value is -3.23. The number of nitrogens with zero attached hydrogens (tertiary/aromatic N) is 3. The number of halogens is 1. The van der Waals surface area contributed by atoms with Gasteiger partial charge in [-0.25, -0.2) is 13.9 Å². The van der Waals surface area contributed by atoms with Gasteiger partial charge in [0.2, 0.25) is 5.91 Å². The molecule has 1 atom stereocenters. The molecule has 9 heteroatoms. The van der Waals surface area contributed by atoms with Gasteiger partial charge in [0.1, 0.15) is 18.0 Å². The minimum absolute atomic E-state index is 0.0473. The molecule has 2 aromatic rings. The summed E-state index contributed by atoms with van der Waals surface area (Å²) in [6, 6.07) is 7.17. The van der Waals surface area contributed by atoms with E-state index in [1.807, 2.05) is 34.6 Å². The van der Waals surface area contributed by atoms with Gasteiger partial charge < -0.3 is 15.0 Å². The summed E-state index contributed by atoms with van der Waals surface area (Å²) in [7, 11) is 0. The van der Waals surface area contributed by atoms with Crippen molar-refractivity contribution in [3.63, 3.8) is 0 Å². The van der Waals surface area contributed by atoms with Crippen LogP contribution in [-0.4, -0.2) is 51.4 Å². The van der Waals surface area contributed by atoms with Crippen molar-refractivity contribution in [3.05, 3.63) is 52.2 Å². The second-order valence-electron chi connectivity index (χ2n) is 9.94.